The van der Waals surface area contributed by atoms with Gasteiger partial charge in [0.05, 0.1) is 5.71 Å². The van der Waals surface area contributed by atoms with Crippen LogP contribution in [-0.4, -0.2) is 12.8 Å². The van der Waals surface area contributed by atoms with E-state index in [-0.39, 0.29) is 0 Å². The summed E-state index contributed by atoms with van der Waals surface area (Å²) in [7, 11) is 1.65. The van der Waals surface area contributed by atoms with Crippen molar-refractivity contribution in [2.75, 3.05) is 7.11 Å². The van der Waals surface area contributed by atoms with Gasteiger partial charge in [0.2, 0.25) is 0 Å². The zero-order valence-electron chi connectivity index (χ0n) is 7.75. The minimum atomic E-state index is 0.923. The quantitative estimate of drug-likeness (QED) is 0.550. The predicted molar refractivity (Wildman–Crippen MR) is 49.1 cm³/mol. The lowest BCUT2D eigenvalue weighted by atomic mass is 9.72. The molecule has 0 amide bonds. The summed E-state index contributed by atoms with van der Waals surface area (Å²) in [6.45, 7) is 0. The molecule has 2 aliphatic carbocycles. The zero-order chi connectivity index (χ0) is 8.39. The Balaban J connectivity index is 2.00. The normalized spacial score (nSPS) is 38.2. The Morgan fingerprint density at radius 1 is 1.25 bits per heavy atom. The van der Waals surface area contributed by atoms with Gasteiger partial charge in [-0.15, -0.1) is 0 Å². The van der Waals surface area contributed by atoms with Gasteiger partial charge in [0.1, 0.15) is 7.11 Å². The van der Waals surface area contributed by atoms with Crippen LogP contribution in [0.2, 0.25) is 0 Å². The molecular weight excluding hydrogens is 150 g/mol. The lowest BCUT2D eigenvalue weighted by molar-refractivity contribution is 0.199. The molecule has 2 aliphatic rings. The lowest BCUT2D eigenvalue weighted by Crippen LogP contribution is -2.26. The van der Waals surface area contributed by atoms with Crippen molar-refractivity contribution in [2.45, 2.75) is 38.5 Å². The summed E-state index contributed by atoms with van der Waals surface area (Å²) in [6, 6.07) is 0. The van der Waals surface area contributed by atoms with Crippen LogP contribution in [-0.2, 0) is 4.84 Å². The van der Waals surface area contributed by atoms with Gasteiger partial charge in [0.25, 0.3) is 0 Å². The van der Waals surface area contributed by atoms with E-state index in [4.69, 9.17) is 4.84 Å². The van der Waals surface area contributed by atoms with Crippen molar-refractivity contribution in [2.24, 2.45) is 17.0 Å². The molecule has 2 saturated carbocycles. The first-order chi connectivity index (χ1) is 5.88. The molecular formula is C10H17NO. The van der Waals surface area contributed by atoms with Gasteiger partial charge in [-0.25, -0.2) is 0 Å². The van der Waals surface area contributed by atoms with E-state index in [1.54, 1.807) is 7.11 Å². The van der Waals surface area contributed by atoms with E-state index in [9.17, 15) is 0 Å². The van der Waals surface area contributed by atoms with Crippen LogP contribution < -0.4 is 0 Å². The molecule has 0 heterocycles. The van der Waals surface area contributed by atoms with Crippen molar-refractivity contribution in [1.29, 1.82) is 0 Å². The fourth-order valence-electron chi connectivity index (χ4n) is 2.73. The minimum absolute atomic E-state index is 0.923. The number of rotatable bonds is 1. The summed E-state index contributed by atoms with van der Waals surface area (Å²) >= 11 is 0. The van der Waals surface area contributed by atoms with Gasteiger partial charge in [-0.05, 0) is 31.1 Å². The lowest BCUT2D eigenvalue weighted by Gasteiger charge is -2.34. The van der Waals surface area contributed by atoms with Gasteiger partial charge in [0.15, 0.2) is 0 Å². The van der Waals surface area contributed by atoms with E-state index in [1.807, 2.05) is 0 Å². The molecule has 2 bridgehead atoms. The molecule has 2 atom stereocenters. The predicted octanol–water partition coefficient (Wildman–Crippen LogP) is 2.59. The maximum absolute atomic E-state index is 4.83. The number of oxime groups is 1. The monoisotopic (exact) mass is 167 g/mol. The van der Waals surface area contributed by atoms with E-state index in [1.165, 1.54) is 44.2 Å². The molecule has 0 unspecified atom stereocenters. The Morgan fingerprint density at radius 2 is 1.92 bits per heavy atom. The molecule has 2 heteroatoms. The maximum Gasteiger partial charge on any atom is 0.106 e. The van der Waals surface area contributed by atoms with Crippen molar-refractivity contribution in [3.05, 3.63) is 0 Å². The van der Waals surface area contributed by atoms with Crippen LogP contribution >= 0.6 is 0 Å². The fourth-order valence-corrected chi connectivity index (χ4v) is 2.73. The number of hydrogen-bond acceptors (Lipinski definition) is 2. The van der Waals surface area contributed by atoms with Crippen molar-refractivity contribution in [3.63, 3.8) is 0 Å². The van der Waals surface area contributed by atoms with Crippen molar-refractivity contribution >= 4 is 5.71 Å². The van der Waals surface area contributed by atoms with Crippen LogP contribution in [0.25, 0.3) is 0 Å². The summed E-state index contributed by atoms with van der Waals surface area (Å²) in [5.74, 6) is 1.85. The first-order valence-corrected chi connectivity index (χ1v) is 4.97. The van der Waals surface area contributed by atoms with Crippen molar-refractivity contribution < 1.29 is 4.84 Å². The van der Waals surface area contributed by atoms with Crippen molar-refractivity contribution in [1.82, 2.24) is 0 Å². The Labute approximate surface area is 74.0 Å². The van der Waals surface area contributed by atoms with Gasteiger partial charge in [0, 0.05) is 0 Å². The molecule has 0 aliphatic heterocycles. The Kier molecular flexibility index (Phi) is 2.33. The van der Waals surface area contributed by atoms with Crippen LogP contribution in [0, 0.1) is 11.8 Å². The van der Waals surface area contributed by atoms with E-state index in [0.29, 0.717) is 0 Å². The van der Waals surface area contributed by atoms with Crippen molar-refractivity contribution in [3.8, 4) is 0 Å². The molecule has 0 aromatic rings. The topological polar surface area (TPSA) is 21.6 Å². The third kappa shape index (κ3) is 1.62. The second-order valence-electron chi connectivity index (χ2n) is 4.15. The number of fused-ring (bicyclic) bond motifs is 2. The molecule has 0 aromatic carbocycles. The Morgan fingerprint density at radius 3 is 2.50 bits per heavy atom. The summed E-state index contributed by atoms with van der Waals surface area (Å²) in [5.41, 5.74) is 1.30. The van der Waals surface area contributed by atoms with Gasteiger partial charge in [-0.1, -0.05) is 24.4 Å². The zero-order valence-corrected chi connectivity index (χ0v) is 7.75. The highest BCUT2D eigenvalue weighted by atomic mass is 16.6. The van der Waals surface area contributed by atoms with Crippen LogP contribution in [0.1, 0.15) is 38.5 Å². The number of nitrogens with zero attached hydrogens (tertiary/aromatic N) is 1. The molecule has 0 spiro atoms. The Bertz CT molecular complexity index is 174. The smallest absolute Gasteiger partial charge is 0.106 e. The molecule has 2 rings (SSSR count). The van der Waals surface area contributed by atoms with E-state index in [2.05, 4.69) is 5.16 Å². The average molecular weight is 167 g/mol. The van der Waals surface area contributed by atoms with Gasteiger partial charge in [-0.2, -0.15) is 0 Å². The first kappa shape index (κ1) is 8.09. The summed E-state index contributed by atoms with van der Waals surface area (Å²) in [5, 5.41) is 4.08. The van der Waals surface area contributed by atoms with Gasteiger partial charge < -0.3 is 4.84 Å². The molecule has 2 nitrogen and oxygen atoms in total. The van der Waals surface area contributed by atoms with Crippen LogP contribution in [0.4, 0.5) is 0 Å². The summed E-state index contributed by atoms with van der Waals surface area (Å²) in [4.78, 5) is 4.83. The second-order valence-corrected chi connectivity index (χ2v) is 4.15. The van der Waals surface area contributed by atoms with E-state index < -0.39 is 0 Å². The fraction of sp³-hybridized carbons (Fsp3) is 0.900. The number of hydrogen-bond donors (Lipinski definition) is 0. The molecule has 0 saturated heterocycles. The van der Waals surface area contributed by atoms with Crippen LogP contribution in [0.15, 0.2) is 5.16 Å². The highest BCUT2D eigenvalue weighted by molar-refractivity contribution is 5.85. The largest absolute Gasteiger partial charge is 0.399 e. The maximum atomic E-state index is 4.83. The van der Waals surface area contributed by atoms with E-state index >= 15 is 0 Å². The highest BCUT2D eigenvalue weighted by Gasteiger charge is 2.29. The second kappa shape index (κ2) is 3.46. The van der Waals surface area contributed by atoms with Gasteiger partial charge in [-0.3, -0.25) is 0 Å². The summed E-state index contributed by atoms with van der Waals surface area (Å²) in [6.07, 6.45) is 8.12. The standard InChI is InChI=1S/C10H17NO/c1-12-11-10-6-8-3-2-4-9(5-8)7-10/h8-9H,2-7H2,1H3/t8-,9+. The Hall–Kier alpha value is -0.530. The molecule has 12 heavy (non-hydrogen) atoms. The van der Waals surface area contributed by atoms with Crippen LogP contribution in [0.5, 0.6) is 0 Å². The SMILES string of the molecule is CON=C1C[C@H]2CCC[C@@H](C1)C2. The van der Waals surface area contributed by atoms with Gasteiger partial charge >= 0.3 is 0 Å². The molecule has 0 N–H and O–H groups in total. The average Bonchev–Trinajstić information content (AvgIpc) is 2.04. The molecule has 68 valence electrons. The summed E-state index contributed by atoms with van der Waals surface area (Å²) < 4.78 is 0. The molecule has 0 aromatic heterocycles. The third-order valence-corrected chi connectivity index (χ3v) is 3.16. The van der Waals surface area contributed by atoms with E-state index in [0.717, 1.165) is 11.8 Å². The molecule has 2 fully saturated rings. The first-order valence-electron chi connectivity index (χ1n) is 4.97. The molecule has 0 radical (unpaired) electrons. The highest BCUT2D eigenvalue weighted by Crippen LogP contribution is 2.38. The minimum Gasteiger partial charge on any atom is -0.399 e. The third-order valence-electron chi connectivity index (χ3n) is 3.16. The van der Waals surface area contributed by atoms with Crippen LogP contribution in [0.3, 0.4) is 0 Å².